The van der Waals surface area contributed by atoms with Gasteiger partial charge < -0.3 is 24.2 Å². The van der Waals surface area contributed by atoms with Gasteiger partial charge in [0.15, 0.2) is 6.10 Å². The van der Waals surface area contributed by atoms with Gasteiger partial charge in [-0.3, -0.25) is 23.4 Å². The van der Waals surface area contributed by atoms with Gasteiger partial charge in [0, 0.05) is 19.3 Å². The van der Waals surface area contributed by atoms with E-state index < -0.39 is 57.8 Å². The van der Waals surface area contributed by atoms with Crippen LogP contribution in [0.3, 0.4) is 0 Å². The third kappa shape index (κ3) is 55.2. The van der Waals surface area contributed by atoms with E-state index in [2.05, 4.69) is 106 Å². The van der Waals surface area contributed by atoms with Crippen LogP contribution in [0, 0.1) is 0 Å². The number of carbonyl (C=O) groups is 3. The van der Waals surface area contributed by atoms with Crippen LogP contribution < -0.4 is 0 Å². The van der Waals surface area contributed by atoms with Crippen molar-refractivity contribution < 1.29 is 52.2 Å². The first-order valence-corrected chi connectivity index (χ1v) is 31.6. The molecule has 0 spiro atoms. The van der Waals surface area contributed by atoms with Crippen molar-refractivity contribution in [1.29, 1.82) is 0 Å². The largest absolute Gasteiger partial charge is 0.472 e. The summed E-state index contributed by atoms with van der Waals surface area (Å²) in [6, 6.07) is 0. The summed E-state index contributed by atoms with van der Waals surface area (Å²) in [5.74, 6) is -1.58. The third-order valence-corrected chi connectivity index (χ3v) is 13.4. The van der Waals surface area contributed by atoms with Gasteiger partial charge in [0.05, 0.1) is 19.8 Å². The Morgan fingerprint density at radius 3 is 1.14 bits per heavy atom. The van der Waals surface area contributed by atoms with Crippen LogP contribution in [-0.4, -0.2) is 66.5 Å². The summed E-state index contributed by atoms with van der Waals surface area (Å²) in [7, 11) is -4.78. The molecule has 0 saturated carbocycles. The number of allylic oxidation sites excluding steroid dienone is 16. The van der Waals surface area contributed by atoms with Crippen molar-refractivity contribution >= 4 is 25.7 Å². The Bertz CT molecular complexity index is 1640. The lowest BCUT2D eigenvalue weighted by Gasteiger charge is -2.21. The number of hydrogen-bond donors (Lipinski definition) is 2. The number of esters is 3. The van der Waals surface area contributed by atoms with E-state index in [4.69, 9.17) is 23.3 Å². The van der Waals surface area contributed by atoms with E-state index in [-0.39, 0.29) is 25.9 Å². The molecule has 76 heavy (non-hydrogen) atoms. The van der Waals surface area contributed by atoms with Crippen LogP contribution in [0.2, 0.25) is 0 Å². The van der Waals surface area contributed by atoms with Gasteiger partial charge in [-0.25, -0.2) is 4.57 Å². The number of ether oxygens (including phenoxy) is 3. The molecule has 0 saturated heterocycles. The van der Waals surface area contributed by atoms with Crippen LogP contribution in [0.15, 0.2) is 97.2 Å². The Morgan fingerprint density at radius 2 is 0.711 bits per heavy atom. The Labute approximate surface area is 463 Å². The number of hydrogen-bond acceptors (Lipinski definition) is 10. The fraction of sp³-hybridized carbons (Fsp3) is 0.703. The normalized spacial score (nSPS) is 14.0. The quantitative estimate of drug-likeness (QED) is 0.0197. The van der Waals surface area contributed by atoms with Crippen molar-refractivity contribution in [2.45, 2.75) is 264 Å². The van der Waals surface area contributed by atoms with Gasteiger partial charge >= 0.3 is 25.7 Å². The van der Waals surface area contributed by atoms with Crippen LogP contribution in [0.25, 0.3) is 0 Å². The second-order valence-electron chi connectivity index (χ2n) is 19.8. The zero-order valence-electron chi connectivity index (χ0n) is 48.2. The standard InChI is InChI=1S/C64H109O11P/c1-4-7-10-13-16-19-22-25-27-29-30-32-34-37-40-43-46-49-52-55-64(68)75-61(57-71-62(66)53-50-47-44-41-38-35-24-21-18-15-12-9-6-3)59-73-76(69,70)72-58-60(56-65)74-63(67)54-51-48-45-42-39-36-33-31-28-26-23-20-17-14-11-8-5-2/h7,10,16,19,21,24-28,30,32,37,40,46,49,60-61,65H,4-6,8-9,11-15,17-18,20,22-23,29,31,33-36,38-39,41-45,47-48,50-59H2,1-3H3,(H,69,70)/b10-7-,19-16-,24-21-,27-25-,28-26-,32-30-,40-37-,49-46-. The minimum absolute atomic E-state index is 0.0374. The van der Waals surface area contributed by atoms with E-state index >= 15 is 0 Å². The second kappa shape index (κ2) is 57.6. The molecule has 0 heterocycles. The van der Waals surface area contributed by atoms with Crippen LogP contribution in [0.1, 0.15) is 252 Å². The molecule has 0 rings (SSSR count). The first-order valence-electron chi connectivity index (χ1n) is 30.1. The van der Waals surface area contributed by atoms with Crippen molar-refractivity contribution in [1.82, 2.24) is 0 Å². The van der Waals surface area contributed by atoms with Crippen LogP contribution in [0.4, 0.5) is 0 Å². The fourth-order valence-corrected chi connectivity index (χ4v) is 8.68. The Balaban J connectivity index is 4.80. The maximum Gasteiger partial charge on any atom is 0.472 e. The van der Waals surface area contributed by atoms with Gasteiger partial charge in [-0.05, 0) is 109 Å². The summed E-state index contributed by atoms with van der Waals surface area (Å²) < 4.78 is 39.5. The topological polar surface area (TPSA) is 155 Å². The number of aliphatic hydroxyl groups excluding tert-OH is 1. The monoisotopic (exact) mass is 1080 g/mol. The van der Waals surface area contributed by atoms with Gasteiger partial charge in [0.25, 0.3) is 0 Å². The number of carbonyl (C=O) groups excluding carboxylic acids is 3. The van der Waals surface area contributed by atoms with Gasteiger partial charge in [0.1, 0.15) is 12.7 Å². The molecule has 0 fully saturated rings. The van der Waals surface area contributed by atoms with E-state index in [1.165, 1.54) is 89.9 Å². The average molecular weight is 1090 g/mol. The summed E-state index contributed by atoms with van der Waals surface area (Å²) in [6.45, 7) is 4.42. The van der Waals surface area contributed by atoms with Crippen molar-refractivity contribution in [3.8, 4) is 0 Å². The maximum atomic E-state index is 12.9. The number of phosphoric ester groups is 1. The average Bonchev–Trinajstić information content (AvgIpc) is 3.41. The Hall–Kier alpha value is -3.60. The summed E-state index contributed by atoms with van der Waals surface area (Å²) in [6.07, 6.45) is 68.1. The highest BCUT2D eigenvalue weighted by Crippen LogP contribution is 2.43. The lowest BCUT2D eigenvalue weighted by atomic mass is 10.1. The lowest BCUT2D eigenvalue weighted by molar-refractivity contribution is -0.161. The van der Waals surface area contributed by atoms with Gasteiger partial charge in [0.2, 0.25) is 0 Å². The molecule has 2 N–H and O–H groups in total. The summed E-state index contributed by atoms with van der Waals surface area (Å²) in [5.41, 5.74) is 0. The fourth-order valence-electron chi connectivity index (χ4n) is 7.90. The first kappa shape index (κ1) is 72.4. The predicted octanol–water partition coefficient (Wildman–Crippen LogP) is 18.0. The highest BCUT2D eigenvalue weighted by Gasteiger charge is 2.28. The van der Waals surface area contributed by atoms with Gasteiger partial charge in [-0.1, -0.05) is 221 Å². The third-order valence-electron chi connectivity index (χ3n) is 12.5. The molecular weight excluding hydrogens is 976 g/mol. The summed E-state index contributed by atoms with van der Waals surface area (Å²) >= 11 is 0. The number of unbranched alkanes of at least 4 members (excludes halogenated alkanes) is 22. The number of rotatable bonds is 55. The zero-order chi connectivity index (χ0) is 55.5. The molecule has 0 aliphatic carbocycles. The molecule has 0 aliphatic rings. The molecule has 0 amide bonds. The smallest absolute Gasteiger partial charge is 0.462 e. The predicted molar refractivity (Wildman–Crippen MR) is 316 cm³/mol. The molecule has 0 aliphatic heterocycles. The molecule has 3 unspecified atom stereocenters. The van der Waals surface area contributed by atoms with Crippen molar-refractivity contribution in [2.75, 3.05) is 26.4 Å². The molecule has 0 aromatic heterocycles. The van der Waals surface area contributed by atoms with Crippen molar-refractivity contribution in [3.63, 3.8) is 0 Å². The first-order chi connectivity index (χ1) is 37.2. The number of aliphatic hydroxyl groups is 1. The zero-order valence-corrected chi connectivity index (χ0v) is 49.1. The molecule has 12 heteroatoms. The lowest BCUT2D eigenvalue weighted by Crippen LogP contribution is -2.30. The van der Waals surface area contributed by atoms with Gasteiger partial charge in [-0.15, -0.1) is 0 Å². The minimum Gasteiger partial charge on any atom is -0.462 e. The summed E-state index contributed by atoms with van der Waals surface area (Å²) in [4.78, 5) is 48.6. The van der Waals surface area contributed by atoms with Crippen molar-refractivity contribution in [3.05, 3.63) is 97.2 Å². The van der Waals surface area contributed by atoms with E-state index in [1.54, 1.807) is 0 Å². The Kier molecular flexibility index (Phi) is 54.8. The molecule has 0 aromatic rings. The molecule has 11 nitrogen and oxygen atoms in total. The van der Waals surface area contributed by atoms with E-state index in [9.17, 15) is 28.9 Å². The summed E-state index contributed by atoms with van der Waals surface area (Å²) in [5, 5.41) is 9.83. The highest BCUT2D eigenvalue weighted by molar-refractivity contribution is 7.47. The molecule has 0 bridgehead atoms. The highest BCUT2D eigenvalue weighted by atomic mass is 31.2. The van der Waals surface area contributed by atoms with Crippen LogP contribution in [0.5, 0.6) is 0 Å². The Morgan fingerprint density at radius 1 is 0.382 bits per heavy atom. The maximum absolute atomic E-state index is 12.9. The van der Waals surface area contributed by atoms with E-state index in [0.29, 0.717) is 25.7 Å². The SMILES string of the molecule is CC/C=C\C/C=C\C/C=C\C/C=C\C/C=C\C/C=C\CCC(=O)OC(COC(=O)CCCCCCC/C=C\CCCCCC)COP(=O)(O)OCC(CO)OC(=O)CCCCCCCCC/C=C\CCCCCCCC. The van der Waals surface area contributed by atoms with Crippen molar-refractivity contribution in [2.24, 2.45) is 0 Å². The van der Waals surface area contributed by atoms with E-state index in [1.807, 2.05) is 12.2 Å². The minimum atomic E-state index is -4.78. The molecule has 436 valence electrons. The molecule has 0 aromatic carbocycles. The number of phosphoric acid groups is 1. The van der Waals surface area contributed by atoms with Gasteiger partial charge in [-0.2, -0.15) is 0 Å². The van der Waals surface area contributed by atoms with Crippen LogP contribution >= 0.6 is 7.82 Å². The van der Waals surface area contributed by atoms with E-state index in [0.717, 1.165) is 96.3 Å². The second-order valence-corrected chi connectivity index (χ2v) is 21.2. The van der Waals surface area contributed by atoms with Crippen LogP contribution in [-0.2, 0) is 42.2 Å². The molecular formula is C64H109O11P. The molecule has 0 radical (unpaired) electrons. The molecule has 3 atom stereocenters.